The molecule has 300 valence electrons. The molecule has 54 heavy (non-hydrogen) atoms. The van der Waals surface area contributed by atoms with Gasteiger partial charge >= 0.3 is 6.03 Å². The highest BCUT2D eigenvalue weighted by Crippen LogP contribution is 2.66. The maximum absolute atomic E-state index is 15.0. The number of nitrogens with one attached hydrogen (secondary N) is 2. The van der Waals surface area contributed by atoms with Gasteiger partial charge < -0.3 is 15.5 Å². The van der Waals surface area contributed by atoms with E-state index in [2.05, 4.69) is 17.2 Å². The Labute approximate surface area is 322 Å². The average Bonchev–Trinajstić information content (AvgIpc) is 3.67. The Hall–Kier alpha value is -3.37. The third-order valence-corrected chi connectivity index (χ3v) is 13.5. The summed E-state index contributed by atoms with van der Waals surface area (Å²) in [6, 6.07) is -2.67. The number of piperidine rings is 1. The Kier molecular flexibility index (Phi) is 13.0. The van der Waals surface area contributed by atoms with Crippen LogP contribution in [0.25, 0.3) is 0 Å². The number of hydrogen-bond acceptors (Lipinski definition) is 7. The number of carbonyl (C=O) groups is 7. The summed E-state index contributed by atoms with van der Waals surface area (Å²) < 4.78 is 0. The van der Waals surface area contributed by atoms with Crippen LogP contribution >= 0.6 is 0 Å². The average molecular weight is 751 g/mol. The predicted octanol–water partition coefficient (Wildman–Crippen LogP) is 6.32. The lowest BCUT2D eigenvalue weighted by Crippen LogP contribution is -2.61. The molecule has 5 rings (SSSR count). The predicted molar refractivity (Wildman–Crippen MR) is 206 cm³/mol. The smallest absolute Gasteiger partial charge is 0.315 e. The summed E-state index contributed by atoms with van der Waals surface area (Å²) >= 11 is 0. The van der Waals surface area contributed by atoms with Crippen LogP contribution in [-0.4, -0.2) is 82.1 Å². The standard InChI is InChI=1S/C43H66N4O7/c1-8-10-17-31(48)38(52)28(14-9-2)22-32(49)37-29-18-19-43(20-21-43)30(29)25-47(37)39(53)36(27-15-12-11-13-16-27)45-40(54)44-33(41(3,4)5)26-46-34(50)23-42(6,7)24-35(46)51/h8,27-30,33,36-37H,1,9-26H2,2-7H3,(H2,44,45,54)/t28?,29-,30-,33+,36-,37-/m0/s1. The molecule has 0 radical (unpaired) electrons. The van der Waals surface area contributed by atoms with Gasteiger partial charge in [0.1, 0.15) is 6.04 Å². The SMILES string of the molecule is C=CCCC(=O)C(=O)C(CCC)CC(=O)[C@@H]1[C@H]2CCC3(CC3)[C@H]2CN1C(=O)[C@@H](NC(=O)N[C@H](CN1C(=O)CC(C)(C)CC1=O)C(C)(C)C)C1CCCCC1. The molecule has 1 spiro atoms. The normalized spacial score (nSPS) is 26.5. The summed E-state index contributed by atoms with van der Waals surface area (Å²) in [7, 11) is 0. The maximum atomic E-state index is 15.0. The molecule has 11 nitrogen and oxygen atoms in total. The van der Waals surface area contributed by atoms with E-state index < -0.39 is 52.5 Å². The van der Waals surface area contributed by atoms with Gasteiger partial charge in [0.2, 0.25) is 23.5 Å². The topological polar surface area (TPSA) is 150 Å². The monoisotopic (exact) mass is 750 g/mol. The summed E-state index contributed by atoms with van der Waals surface area (Å²) in [5.41, 5.74) is -0.777. The van der Waals surface area contributed by atoms with Crippen molar-refractivity contribution in [3.05, 3.63) is 12.7 Å². The van der Waals surface area contributed by atoms with Gasteiger partial charge in [-0.1, -0.05) is 73.3 Å². The number of likely N-dealkylation sites (tertiary alicyclic amines) is 2. The number of hydrogen-bond donors (Lipinski definition) is 2. The Bertz CT molecular complexity index is 1470. The number of Topliss-reactive ketones (excluding diaryl/α,β-unsaturated/α-hetero) is 3. The van der Waals surface area contributed by atoms with E-state index >= 15 is 0 Å². The number of allylic oxidation sites excluding steroid dienone is 1. The lowest BCUT2D eigenvalue weighted by atomic mass is 9.80. The van der Waals surface area contributed by atoms with Crippen molar-refractivity contribution in [1.82, 2.24) is 20.4 Å². The van der Waals surface area contributed by atoms with Gasteiger partial charge in [-0.25, -0.2) is 4.79 Å². The first-order chi connectivity index (χ1) is 25.4. The lowest BCUT2D eigenvalue weighted by Gasteiger charge is -2.40. The first-order valence-electron chi connectivity index (χ1n) is 20.8. The van der Waals surface area contributed by atoms with Crippen LogP contribution in [0.1, 0.15) is 144 Å². The quantitative estimate of drug-likeness (QED) is 0.107. The number of carbonyl (C=O) groups excluding carboxylic acids is 7. The number of nitrogens with zero attached hydrogens (tertiary/aromatic N) is 2. The van der Waals surface area contributed by atoms with Crippen LogP contribution in [0.2, 0.25) is 0 Å². The number of imide groups is 1. The van der Waals surface area contributed by atoms with Gasteiger partial charge in [-0.2, -0.15) is 0 Å². The summed E-state index contributed by atoms with van der Waals surface area (Å²) in [5, 5.41) is 6.11. The largest absolute Gasteiger partial charge is 0.333 e. The van der Waals surface area contributed by atoms with Gasteiger partial charge in [-0.15, -0.1) is 6.58 Å². The molecule has 5 aliphatic rings. The summed E-state index contributed by atoms with van der Waals surface area (Å²) in [6.45, 7) is 15.7. The molecule has 0 aromatic heterocycles. The van der Waals surface area contributed by atoms with E-state index in [0.717, 1.165) is 57.8 Å². The molecule has 2 heterocycles. The number of fused-ring (bicyclic) bond motifs is 2. The Morgan fingerprint density at radius 1 is 0.944 bits per heavy atom. The Morgan fingerprint density at radius 3 is 2.17 bits per heavy atom. The molecule has 2 aliphatic heterocycles. The number of ketones is 3. The van der Waals surface area contributed by atoms with Gasteiger partial charge in [-0.05, 0) is 85.4 Å². The van der Waals surface area contributed by atoms with Crippen molar-refractivity contribution in [2.45, 2.75) is 162 Å². The molecule has 3 saturated carbocycles. The molecule has 0 bridgehead atoms. The first kappa shape index (κ1) is 41.8. The van der Waals surface area contributed by atoms with Crippen LogP contribution in [0, 0.1) is 39.9 Å². The molecule has 5 fully saturated rings. The molecule has 5 amide bonds. The summed E-state index contributed by atoms with van der Waals surface area (Å²) in [6.07, 6.45) is 12.1. The van der Waals surface area contributed by atoms with Crippen LogP contribution in [0.3, 0.4) is 0 Å². The minimum absolute atomic E-state index is 0.00602. The molecule has 2 saturated heterocycles. The fourth-order valence-corrected chi connectivity index (χ4v) is 10.1. The highest BCUT2D eigenvalue weighted by molar-refractivity contribution is 6.38. The lowest BCUT2D eigenvalue weighted by molar-refractivity contribution is -0.153. The van der Waals surface area contributed by atoms with Crippen molar-refractivity contribution in [3.8, 4) is 0 Å². The summed E-state index contributed by atoms with van der Waals surface area (Å²) in [4.78, 5) is 98.8. The van der Waals surface area contributed by atoms with Crippen LogP contribution in [0.15, 0.2) is 12.7 Å². The second-order valence-corrected chi connectivity index (χ2v) is 19.2. The number of amides is 5. The van der Waals surface area contributed by atoms with E-state index in [1.165, 1.54) is 4.90 Å². The fourth-order valence-electron chi connectivity index (χ4n) is 10.1. The molecule has 6 atom stereocenters. The molecule has 3 aliphatic carbocycles. The fraction of sp³-hybridized carbons (Fsp3) is 0.791. The third kappa shape index (κ3) is 9.35. The molecular formula is C43H66N4O7. The highest BCUT2D eigenvalue weighted by Gasteiger charge is 2.63. The second-order valence-electron chi connectivity index (χ2n) is 19.2. The van der Waals surface area contributed by atoms with E-state index in [9.17, 15) is 33.6 Å². The van der Waals surface area contributed by atoms with Gasteiger partial charge in [0.15, 0.2) is 11.6 Å². The van der Waals surface area contributed by atoms with Crippen LogP contribution in [0.5, 0.6) is 0 Å². The molecule has 0 aromatic carbocycles. The van der Waals surface area contributed by atoms with Crippen molar-refractivity contribution in [3.63, 3.8) is 0 Å². The van der Waals surface area contributed by atoms with Crippen LogP contribution < -0.4 is 10.6 Å². The van der Waals surface area contributed by atoms with Gasteiger partial charge in [0.25, 0.3) is 0 Å². The van der Waals surface area contributed by atoms with E-state index in [4.69, 9.17) is 0 Å². The zero-order chi connectivity index (χ0) is 39.6. The van der Waals surface area contributed by atoms with Gasteiger partial charge in [-0.3, -0.25) is 33.7 Å². The molecular weight excluding hydrogens is 684 g/mol. The van der Waals surface area contributed by atoms with Crippen molar-refractivity contribution < 1.29 is 33.6 Å². The van der Waals surface area contributed by atoms with Crippen LogP contribution in [-0.2, 0) is 28.8 Å². The van der Waals surface area contributed by atoms with E-state index in [1.807, 2.05) is 41.5 Å². The number of rotatable bonds is 16. The summed E-state index contributed by atoms with van der Waals surface area (Å²) in [5.74, 6) is -2.54. The molecule has 11 heteroatoms. The highest BCUT2D eigenvalue weighted by atomic mass is 16.2. The van der Waals surface area contributed by atoms with Crippen molar-refractivity contribution in [1.29, 1.82) is 0 Å². The Balaban J connectivity index is 1.37. The zero-order valence-electron chi connectivity index (χ0n) is 33.8. The van der Waals surface area contributed by atoms with Crippen LogP contribution in [0.4, 0.5) is 4.79 Å². The molecule has 2 N–H and O–H groups in total. The van der Waals surface area contributed by atoms with Gasteiger partial charge in [0, 0.05) is 44.7 Å². The first-order valence-corrected chi connectivity index (χ1v) is 20.8. The van der Waals surface area contributed by atoms with Crippen molar-refractivity contribution in [2.24, 2.45) is 39.9 Å². The van der Waals surface area contributed by atoms with Crippen molar-refractivity contribution in [2.75, 3.05) is 13.1 Å². The van der Waals surface area contributed by atoms with Crippen molar-refractivity contribution >= 4 is 41.1 Å². The van der Waals surface area contributed by atoms with E-state index in [1.54, 1.807) is 11.0 Å². The second kappa shape index (κ2) is 16.8. The van der Waals surface area contributed by atoms with E-state index in [-0.39, 0.29) is 78.9 Å². The van der Waals surface area contributed by atoms with Gasteiger partial charge in [0.05, 0.1) is 12.1 Å². The van der Waals surface area contributed by atoms with E-state index in [0.29, 0.717) is 25.8 Å². The maximum Gasteiger partial charge on any atom is 0.315 e. The third-order valence-electron chi connectivity index (χ3n) is 13.5. The zero-order valence-corrected chi connectivity index (χ0v) is 33.8. The number of urea groups is 1. The minimum atomic E-state index is -0.859. The molecule has 1 unspecified atom stereocenters. The minimum Gasteiger partial charge on any atom is -0.333 e. The Morgan fingerprint density at radius 2 is 1.59 bits per heavy atom. The molecule has 0 aromatic rings.